The average Bonchev–Trinajstić information content (AvgIpc) is 3.19. The lowest BCUT2D eigenvalue weighted by Crippen LogP contribution is -2.26. The number of amides is 1. The van der Waals surface area contributed by atoms with Gasteiger partial charge in [-0.25, -0.2) is 9.07 Å². The number of carbonyl (C=O) groups excluding carboxylic acids is 1. The van der Waals surface area contributed by atoms with Crippen molar-refractivity contribution in [2.75, 3.05) is 13.7 Å². The molecule has 6 heteroatoms. The fraction of sp³-hybridized carbons (Fsp3) is 0.304. The van der Waals surface area contributed by atoms with Crippen LogP contribution in [0.2, 0.25) is 0 Å². The van der Waals surface area contributed by atoms with Gasteiger partial charge in [-0.15, -0.1) is 0 Å². The zero-order valence-electron chi connectivity index (χ0n) is 16.8. The molecule has 29 heavy (non-hydrogen) atoms. The first-order valence-electron chi connectivity index (χ1n) is 9.91. The third kappa shape index (κ3) is 5.22. The third-order valence-corrected chi connectivity index (χ3v) is 4.71. The summed E-state index contributed by atoms with van der Waals surface area (Å²) in [5.74, 6) is 0.216. The number of ether oxygens (including phenoxy) is 1. The minimum absolute atomic E-state index is 0.196. The van der Waals surface area contributed by atoms with E-state index in [1.807, 2.05) is 24.3 Å². The van der Waals surface area contributed by atoms with Gasteiger partial charge in [0, 0.05) is 12.1 Å². The molecule has 152 valence electrons. The van der Waals surface area contributed by atoms with Crippen LogP contribution in [0.25, 0.3) is 16.9 Å². The van der Waals surface area contributed by atoms with Gasteiger partial charge in [0.05, 0.1) is 18.5 Å². The van der Waals surface area contributed by atoms with Crippen molar-refractivity contribution < 1.29 is 13.9 Å². The maximum absolute atomic E-state index is 13.4. The van der Waals surface area contributed by atoms with Crippen LogP contribution in [0.3, 0.4) is 0 Å². The smallest absolute Gasteiger partial charge is 0.270 e. The molecule has 1 heterocycles. The summed E-state index contributed by atoms with van der Waals surface area (Å²) in [6.07, 6.45) is 4.34. The van der Waals surface area contributed by atoms with Gasteiger partial charge in [-0.1, -0.05) is 26.2 Å². The summed E-state index contributed by atoms with van der Waals surface area (Å²) in [5, 5.41) is 7.58. The second-order valence-corrected chi connectivity index (χ2v) is 6.85. The number of hydrogen-bond acceptors (Lipinski definition) is 3. The Bertz CT molecular complexity index is 934. The number of nitrogens with zero attached hydrogens (tertiary/aromatic N) is 2. The maximum atomic E-state index is 13.4. The molecular formula is C23H26FN3O2. The molecule has 0 spiro atoms. The largest absolute Gasteiger partial charge is 0.497 e. The first kappa shape index (κ1) is 20.6. The molecule has 0 atom stereocenters. The second-order valence-electron chi connectivity index (χ2n) is 6.85. The van der Waals surface area contributed by atoms with E-state index in [1.54, 1.807) is 30.0 Å². The van der Waals surface area contributed by atoms with Gasteiger partial charge >= 0.3 is 0 Å². The molecule has 1 aromatic heterocycles. The minimum Gasteiger partial charge on any atom is -0.497 e. The van der Waals surface area contributed by atoms with E-state index in [9.17, 15) is 9.18 Å². The van der Waals surface area contributed by atoms with Crippen LogP contribution in [-0.2, 0) is 0 Å². The molecule has 0 aliphatic carbocycles. The van der Waals surface area contributed by atoms with E-state index < -0.39 is 0 Å². The number of carbonyl (C=O) groups is 1. The summed E-state index contributed by atoms with van der Waals surface area (Å²) in [7, 11) is 1.61. The molecule has 3 rings (SSSR count). The molecule has 1 amide bonds. The van der Waals surface area contributed by atoms with Crippen LogP contribution in [-0.4, -0.2) is 29.3 Å². The fourth-order valence-electron chi connectivity index (χ4n) is 3.07. The van der Waals surface area contributed by atoms with Crippen LogP contribution in [0.4, 0.5) is 4.39 Å². The molecule has 3 aromatic rings. The first-order valence-corrected chi connectivity index (χ1v) is 9.91. The van der Waals surface area contributed by atoms with E-state index in [-0.39, 0.29) is 11.7 Å². The van der Waals surface area contributed by atoms with Gasteiger partial charge in [-0.2, -0.15) is 5.10 Å². The molecule has 5 nitrogen and oxygen atoms in total. The van der Waals surface area contributed by atoms with E-state index in [0.29, 0.717) is 23.6 Å². The number of rotatable bonds is 9. The zero-order chi connectivity index (χ0) is 20.6. The Kier molecular flexibility index (Phi) is 7.00. The highest BCUT2D eigenvalue weighted by Gasteiger charge is 2.17. The lowest BCUT2D eigenvalue weighted by Gasteiger charge is -2.08. The zero-order valence-corrected chi connectivity index (χ0v) is 16.8. The number of nitrogens with one attached hydrogen (secondary N) is 1. The number of benzene rings is 2. The Labute approximate surface area is 170 Å². The van der Waals surface area contributed by atoms with Crippen LogP contribution in [0.5, 0.6) is 5.75 Å². The monoisotopic (exact) mass is 395 g/mol. The van der Waals surface area contributed by atoms with Crippen LogP contribution < -0.4 is 10.1 Å². The standard InChI is InChI=1S/C23H26FN3O2/c1-3-4-5-6-15-25-23(28)22-16-21(17-7-13-20(29-2)14-8-17)26-27(22)19-11-9-18(24)10-12-19/h7-14,16H,3-6,15H2,1-2H3,(H,25,28). The summed E-state index contributed by atoms with van der Waals surface area (Å²) in [6.45, 7) is 2.77. The predicted molar refractivity (Wildman–Crippen MR) is 112 cm³/mol. The SMILES string of the molecule is CCCCCCNC(=O)c1cc(-c2ccc(OC)cc2)nn1-c1ccc(F)cc1. The molecule has 0 aliphatic heterocycles. The maximum Gasteiger partial charge on any atom is 0.270 e. The topological polar surface area (TPSA) is 56.1 Å². The number of aromatic nitrogens is 2. The number of unbranched alkanes of at least 4 members (excludes halogenated alkanes) is 3. The van der Waals surface area contributed by atoms with Crippen LogP contribution in [0, 0.1) is 5.82 Å². The van der Waals surface area contributed by atoms with Gasteiger partial charge in [0.15, 0.2) is 0 Å². The van der Waals surface area contributed by atoms with E-state index >= 15 is 0 Å². The van der Waals surface area contributed by atoms with Gasteiger partial charge in [0.25, 0.3) is 5.91 Å². The quantitative estimate of drug-likeness (QED) is 0.519. The number of hydrogen-bond donors (Lipinski definition) is 1. The van der Waals surface area contributed by atoms with Gasteiger partial charge in [0.1, 0.15) is 17.3 Å². The Hall–Kier alpha value is -3.15. The Balaban J connectivity index is 1.88. The summed E-state index contributed by atoms with van der Waals surface area (Å²) >= 11 is 0. The predicted octanol–water partition coefficient (Wildman–Crippen LogP) is 5.00. The lowest BCUT2D eigenvalue weighted by atomic mass is 10.1. The van der Waals surface area contributed by atoms with Crippen LogP contribution in [0.15, 0.2) is 54.6 Å². The highest BCUT2D eigenvalue weighted by molar-refractivity contribution is 5.94. The van der Waals surface area contributed by atoms with Gasteiger partial charge in [-0.05, 0) is 61.0 Å². The fourth-order valence-corrected chi connectivity index (χ4v) is 3.07. The van der Waals surface area contributed by atoms with Crippen molar-refractivity contribution in [3.63, 3.8) is 0 Å². The second kappa shape index (κ2) is 9.87. The lowest BCUT2D eigenvalue weighted by molar-refractivity contribution is 0.0945. The molecule has 0 saturated carbocycles. The van der Waals surface area contributed by atoms with E-state index in [4.69, 9.17) is 4.74 Å². The van der Waals surface area contributed by atoms with Crippen molar-refractivity contribution in [1.82, 2.24) is 15.1 Å². The number of methoxy groups -OCH3 is 1. The highest BCUT2D eigenvalue weighted by atomic mass is 19.1. The molecule has 2 aromatic carbocycles. The molecule has 0 unspecified atom stereocenters. The van der Waals surface area contributed by atoms with E-state index in [1.165, 1.54) is 12.1 Å². The molecule has 0 bridgehead atoms. The van der Waals surface area contributed by atoms with Crippen molar-refractivity contribution in [2.24, 2.45) is 0 Å². The summed E-state index contributed by atoms with van der Waals surface area (Å²) in [5.41, 5.74) is 2.57. The highest BCUT2D eigenvalue weighted by Crippen LogP contribution is 2.24. The van der Waals surface area contributed by atoms with Crippen molar-refractivity contribution in [2.45, 2.75) is 32.6 Å². The summed E-state index contributed by atoms with van der Waals surface area (Å²) < 4.78 is 20.1. The van der Waals surface area contributed by atoms with Gasteiger partial charge in [0.2, 0.25) is 0 Å². The van der Waals surface area contributed by atoms with Gasteiger partial charge in [-0.3, -0.25) is 4.79 Å². The van der Waals surface area contributed by atoms with Crippen molar-refractivity contribution in [3.05, 3.63) is 66.1 Å². The molecule has 1 N–H and O–H groups in total. The number of halogens is 1. The molecule has 0 aliphatic rings. The Morgan fingerprint density at radius 3 is 2.45 bits per heavy atom. The van der Waals surface area contributed by atoms with Crippen LogP contribution in [0.1, 0.15) is 43.1 Å². The molecule has 0 saturated heterocycles. The average molecular weight is 395 g/mol. The summed E-state index contributed by atoms with van der Waals surface area (Å²) in [6, 6.07) is 15.2. The molecule has 0 radical (unpaired) electrons. The van der Waals surface area contributed by atoms with Crippen LogP contribution >= 0.6 is 0 Å². The molecular weight excluding hydrogens is 369 g/mol. The van der Waals surface area contributed by atoms with Gasteiger partial charge < -0.3 is 10.1 Å². The van der Waals surface area contributed by atoms with E-state index in [0.717, 1.165) is 37.0 Å². The normalized spacial score (nSPS) is 10.7. The Morgan fingerprint density at radius 1 is 1.07 bits per heavy atom. The molecule has 0 fully saturated rings. The van der Waals surface area contributed by atoms with Crippen molar-refractivity contribution in [1.29, 1.82) is 0 Å². The first-order chi connectivity index (χ1) is 14.1. The minimum atomic E-state index is -0.335. The Morgan fingerprint density at radius 2 is 1.79 bits per heavy atom. The third-order valence-electron chi connectivity index (χ3n) is 4.71. The summed E-state index contributed by atoms with van der Waals surface area (Å²) in [4.78, 5) is 12.8. The van der Waals surface area contributed by atoms with Crippen molar-refractivity contribution in [3.8, 4) is 22.7 Å². The van der Waals surface area contributed by atoms with Crippen molar-refractivity contribution >= 4 is 5.91 Å². The van der Waals surface area contributed by atoms with E-state index in [2.05, 4.69) is 17.3 Å².